The van der Waals surface area contributed by atoms with Gasteiger partial charge in [-0.15, -0.1) is 6.58 Å². The molecule has 0 aliphatic carbocycles. The molecule has 2 heteroatoms. The maximum absolute atomic E-state index is 8.81. The summed E-state index contributed by atoms with van der Waals surface area (Å²) in [5, 5.41) is 12.1. The molecule has 0 aliphatic heterocycles. The molecule has 0 heterocycles. The number of oxime groups is 1. The summed E-state index contributed by atoms with van der Waals surface area (Å²) in [5.41, 5.74) is 0.870. The minimum absolute atomic E-state index is 0.717. The van der Waals surface area contributed by atoms with Crippen LogP contribution in [0.2, 0.25) is 0 Å². The Labute approximate surface area is 145 Å². The molecule has 0 amide bonds. The van der Waals surface area contributed by atoms with Crippen molar-refractivity contribution in [2.24, 2.45) is 5.16 Å². The summed E-state index contributed by atoms with van der Waals surface area (Å²) in [6, 6.07) is 0. The van der Waals surface area contributed by atoms with E-state index in [1.54, 1.807) is 6.08 Å². The lowest BCUT2D eigenvalue weighted by Gasteiger charge is -2.04. The monoisotopic (exact) mass is 323 g/mol. The van der Waals surface area contributed by atoms with Crippen molar-refractivity contribution in [2.45, 2.75) is 116 Å². The standard InChI is InChI=1S/C21H41NO/c1-3-5-6-7-8-9-10-11-12-13-14-15-16-17-18-20-21(22-23)19-4-2/h4,23H,2-3,5-20H2,1H3. The summed E-state index contributed by atoms with van der Waals surface area (Å²) >= 11 is 0. The molecule has 0 radical (unpaired) electrons. The molecule has 0 bridgehead atoms. The highest BCUT2D eigenvalue weighted by Gasteiger charge is 1.98. The van der Waals surface area contributed by atoms with E-state index >= 15 is 0 Å². The van der Waals surface area contributed by atoms with Crippen molar-refractivity contribution in [3.8, 4) is 0 Å². The third-order valence-electron chi connectivity index (χ3n) is 4.59. The van der Waals surface area contributed by atoms with Gasteiger partial charge < -0.3 is 5.21 Å². The normalized spacial score (nSPS) is 11.8. The topological polar surface area (TPSA) is 32.6 Å². The molecule has 0 fully saturated rings. The van der Waals surface area contributed by atoms with Gasteiger partial charge in [0.2, 0.25) is 0 Å². The van der Waals surface area contributed by atoms with Gasteiger partial charge in [0.25, 0.3) is 0 Å². The van der Waals surface area contributed by atoms with Crippen molar-refractivity contribution >= 4 is 5.71 Å². The van der Waals surface area contributed by atoms with Crippen LogP contribution in [0.15, 0.2) is 17.8 Å². The predicted octanol–water partition coefficient (Wildman–Crippen LogP) is 7.65. The molecule has 0 saturated heterocycles. The predicted molar refractivity (Wildman–Crippen MR) is 104 cm³/mol. The van der Waals surface area contributed by atoms with Crippen molar-refractivity contribution < 1.29 is 5.21 Å². The fourth-order valence-corrected chi connectivity index (χ4v) is 3.06. The molecule has 0 unspecified atom stereocenters. The molecular weight excluding hydrogens is 282 g/mol. The zero-order valence-corrected chi connectivity index (χ0v) is 15.7. The Kier molecular flexibility index (Phi) is 18.6. The molecule has 0 atom stereocenters. The average molecular weight is 324 g/mol. The van der Waals surface area contributed by atoms with Crippen LogP contribution in [0.1, 0.15) is 116 Å². The van der Waals surface area contributed by atoms with E-state index in [4.69, 9.17) is 5.21 Å². The van der Waals surface area contributed by atoms with Crippen LogP contribution in [0, 0.1) is 0 Å². The third-order valence-corrected chi connectivity index (χ3v) is 4.59. The lowest BCUT2D eigenvalue weighted by atomic mass is 10.0. The minimum atomic E-state index is 0.717. The van der Waals surface area contributed by atoms with E-state index in [2.05, 4.69) is 18.7 Å². The third kappa shape index (κ3) is 17.4. The molecule has 136 valence electrons. The molecule has 0 spiro atoms. The van der Waals surface area contributed by atoms with E-state index in [-0.39, 0.29) is 0 Å². The number of allylic oxidation sites excluding steroid dienone is 1. The Balaban J connectivity index is 3.12. The Hall–Kier alpha value is -0.790. The van der Waals surface area contributed by atoms with Crippen LogP contribution in [0.3, 0.4) is 0 Å². The van der Waals surface area contributed by atoms with Gasteiger partial charge in [0, 0.05) is 6.42 Å². The van der Waals surface area contributed by atoms with E-state index in [9.17, 15) is 0 Å². The summed E-state index contributed by atoms with van der Waals surface area (Å²) in [7, 11) is 0. The highest BCUT2D eigenvalue weighted by molar-refractivity contribution is 5.85. The molecule has 0 aromatic rings. The molecule has 1 N–H and O–H groups in total. The molecule has 0 rings (SSSR count). The number of hydrogen-bond acceptors (Lipinski definition) is 2. The molecule has 0 saturated carbocycles. The maximum atomic E-state index is 8.81. The van der Waals surface area contributed by atoms with Crippen molar-refractivity contribution in [3.63, 3.8) is 0 Å². The summed E-state index contributed by atoms with van der Waals surface area (Å²) in [6.45, 7) is 5.96. The van der Waals surface area contributed by atoms with Crippen LogP contribution in [-0.4, -0.2) is 10.9 Å². The van der Waals surface area contributed by atoms with Crippen LogP contribution in [0.25, 0.3) is 0 Å². The van der Waals surface area contributed by atoms with Gasteiger partial charge in [0.05, 0.1) is 5.71 Å². The lowest BCUT2D eigenvalue weighted by molar-refractivity contribution is 0.316. The molecule has 0 aromatic heterocycles. The second-order valence-electron chi connectivity index (χ2n) is 6.86. The van der Waals surface area contributed by atoms with E-state index in [0.29, 0.717) is 0 Å². The second-order valence-corrected chi connectivity index (χ2v) is 6.86. The Morgan fingerprint density at radius 1 is 0.739 bits per heavy atom. The van der Waals surface area contributed by atoms with Gasteiger partial charge in [-0.25, -0.2) is 0 Å². The van der Waals surface area contributed by atoms with E-state index in [0.717, 1.165) is 25.0 Å². The van der Waals surface area contributed by atoms with E-state index in [1.165, 1.54) is 89.9 Å². The number of nitrogens with zero attached hydrogens (tertiary/aromatic N) is 1. The van der Waals surface area contributed by atoms with Crippen molar-refractivity contribution in [1.82, 2.24) is 0 Å². The van der Waals surface area contributed by atoms with Crippen LogP contribution in [-0.2, 0) is 0 Å². The first-order valence-electron chi connectivity index (χ1n) is 10.2. The van der Waals surface area contributed by atoms with Crippen molar-refractivity contribution in [3.05, 3.63) is 12.7 Å². The van der Waals surface area contributed by atoms with Crippen LogP contribution in [0.4, 0.5) is 0 Å². The molecule has 23 heavy (non-hydrogen) atoms. The van der Waals surface area contributed by atoms with Crippen LogP contribution < -0.4 is 0 Å². The maximum Gasteiger partial charge on any atom is 0.0608 e. The highest BCUT2D eigenvalue weighted by atomic mass is 16.4. The Bertz CT molecular complexity index is 273. The molecule has 0 aliphatic rings. The Morgan fingerprint density at radius 3 is 1.48 bits per heavy atom. The summed E-state index contributed by atoms with van der Waals surface area (Å²) in [4.78, 5) is 0. The zero-order chi connectivity index (χ0) is 17.0. The van der Waals surface area contributed by atoms with Crippen molar-refractivity contribution in [2.75, 3.05) is 0 Å². The van der Waals surface area contributed by atoms with Gasteiger partial charge in [0.15, 0.2) is 0 Å². The van der Waals surface area contributed by atoms with E-state index < -0.39 is 0 Å². The molecular formula is C21H41NO. The molecule has 0 aromatic carbocycles. The minimum Gasteiger partial charge on any atom is -0.411 e. The largest absolute Gasteiger partial charge is 0.411 e. The van der Waals surface area contributed by atoms with Crippen molar-refractivity contribution in [1.29, 1.82) is 0 Å². The first kappa shape index (κ1) is 22.2. The fourth-order valence-electron chi connectivity index (χ4n) is 3.06. The van der Waals surface area contributed by atoms with Gasteiger partial charge in [-0.3, -0.25) is 0 Å². The zero-order valence-electron chi connectivity index (χ0n) is 15.7. The van der Waals surface area contributed by atoms with E-state index in [1.807, 2.05) is 0 Å². The first-order chi connectivity index (χ1) is 11.3. The number of hydrogen-bond donors (Lipinski definition) is 1. The van der Waals surface area contributed by atoms with Gasteiger partial charge in [-0.1, -0.05) is 108 Å². The second kappa shape index (κ2) is 19.3. The Morgan fingerprint density at radius 2 is 1.13 bits per heavy atom. The van der Waals surface area contributed by atoms with Gasteiger partial charge in [-0.2, -0.15) is 0 Å². The first-order valence-corrected chi connectivity index (χ1v) is 10.2. The summed E-state index contributed by atoms with van der Waals surface area (Å²) in [6.07, 6.45) is 24.2. The SMILES string of the molecule is C=CCC(CCCCCCCCCCCCCCCCC)=NO. The van der Waals surface area contributed by atoms with Gasteiger partial charge >= 0.3 is 0 Å². The smallest absolute Gasteiger partial charge is 0.0608 e. The summed E-state index contributed by atoms with van der Waals surface area (Å²) in [5.74, 6) is 0. The average Bonchev–Trinajstić information content (AvgIpc) is 2.57. The fraction of sp³-hybridized carbons (Fsp3) is 0.857. The van der Waals surface area contributed by atoms with Gasteiger partial charge in [-0.05, 0) is 12.8 Å². The lowest BCUT2D eigenvalue weighted by Crippen LogP contribution is -1.96. The van der Waals surface area contributed by atoms with Crippen LogP contribution >= 0.6 is 0 Å². The number of unbranched alkanes of at least 4 members (excludes halogenated alkanes) is 14. The molecule has 2 nitrogen and oxygen atoms in total. The van der Waals surface area contributed by atoms with Gasteiger partial charge in [0.1, 0.15) is 0 Å². The highest BCUT2D eigenvalue weighted by Crippen LogP contribution is 2.14. The van der Waals surface area contributed by atoms with Crippen LogP contribution in [0.5, 0.6) is 0 Å². The quantitative estimate of drug-likeness (QED) is 0.0907. The number of rotatable bonds is 18. The summed E-state index contributed by atoms with van der Waals surface area (Å²) < 4.78 is 0.